The molecular formula is C26H26N2O5. The molecule has 3 aromatic carbocycles. The van der Waals surface area contributed by atoms with E-state index in [-0.39, 0.29) is 5.91 Å². The summed E-state index contributed by atoms with van der Waals surface area (Å²) in [7, 11) is 1.56. The number of amides is 1. The van der Waals surface area contributed by atoms with Gasteiger partial charge in [0.1, 0.15) is 17.2 Å². The number of methoxy groups -OCH3 is 1. The largest absolute Gasteiger partial charge is 0.497 e. The minimum absolute atomic E-state index is 0.339. The van der Waals surface area contributed by atoms with E-state index in [0.717, 1.165) is 18.6 Å². The molecule has 0 fully saturated rings. The summed E-state index contributed by atoms with van der Waals surface area (Å²) in [4.78, 5) is 24.6. The van der Waals surface area contributed by atoms with E-state index >= 15 is 0 Å². The standard InChI is InChI=1S/C26H26N2O5/c1-3-4-16-32-23-14-8-20(9-15-23)25(29)28-27-18-19-6-5-7-24(17-19)33-26(30)21-10-12-22(31-2)13-11-21/h5-15,17-18H,3-4,16H2,1-2H3,(H,28,29)/b27-18+. The van der Waals surface area contributed by atoms with E-state index in [1.807, 2.05) is 0 Å². The molecule has 7 nitrogen and oxygen atoms in total. The molecule has 170 valence electrons. The van der Waals surface area contributed by atoms with E-state index < -0.39 is 5.97 Å². The Bertz CT molecular complexity index is 1090. The van der Waals surface area contributed by atoms with Crippen LogP contribution in [0.25, 0.3) is 0 Å². The summed E-state index contributed by atoms with van der Waals surface area (Å²) in [6.07, 6.45) is 3.52. The fourth-order valence-electron chi connectivity index (χ4n) is 2.82. The van der Waals surface area contributed by atoms with Crippen molar-refractivity contribution in [3.63, 3.8) is 0 Å². The van der Waals surface area contributed by atoms with E-state index in [1.165, 1.54) is 6.21 Å². The van der Waals surface area contributed by atoms with Gasteiger partial charge in [-0.3, -0.25) is 4.79 Å². The lowest BCUT2D eigenvalue weighted by Gasteiger charge is -2.06. The fourth-order valence-corrected chi connectivity index (χ4v) is 2.82. The second-order valence-electron chi connectivity index (χ2n) is 7.12. The molecule has 0 aromatic heterocycles. The number of unbranched alkanes of at least 4 members (excludes halogenated alkanes) is 1. The molecule has 0 saturated heterocycles. The number of nitrogens with zero attached hydrogens (tertiary/aromatic N) is 1. The molecule has 0 spiro atoms. The average Bonchev–Trinajstić information content (AvgIpc) is 2.85. The number of ether oxygens (including phenoxy) is 3. The van der Waals surface area contributed by atoms with Crippen LogP contribution in [0.1, 0.15) is 46.0 Å². The van der Waals surface area contributed by atoms with Crippen LogP contribution >= 0.6 is 0 Å². The predicted molar refractivity (Wildman–Crippen MR) is 126 cm³/mol. The van der Waals surface area contributed by atoms with Crippen LogP contribution in [0.3, 0.4) is 0 Å². The van der Waals surface area contributed by atoms with E-state index in [2.05, 4.69) is 17.5 Å². The van der Waals surface area contributed by atoms with Crippen molar-refractivity contribution in [2.45, 2.75) is 19.8 Å². The number of rotatable bonds is 10. The molecule has 0 heterocycles. The van der Waals surface area contributed by atoms with Crippen LogP contribution in [0.4, 0.5) is 0 Å². The van der Waals surface area contributed by atoms with Crippen LogP contribution in [0.5, 0.6) is 17.2 Å². The molecule has 33 heavy (non-hydrogen) atoms. The number of esters is 1. The number of nitrogens with one attached hydrogen (secondary N) is 1. The zero-order chi connectivity index (χ0) is 23.5. The van der Waals surface area contributed by atoms with Crippen LogP contribution in [0, 0.1) is 0 Å². The van der Waals surface area contributed by atoms with Crippen molar-refractivity contribution in [2.24, 2.45) is 5.10 Å². The molecule has 3 rings (SSSR count). The molecule has 1 amide bonds. The van der Waals surface area contributed by atoms with Gasteiger partial charge in [0.05, 0.1) is 25.5 Å². The molecular weight excluding hydrogens is 420 g/mol. The van der Waals surface area contributed by atoms with E-state index in [4.69, 9.17) is 14.2 Å². The van der Waals surface area contributed by atoms with Gasteiger partial charge in [0.25, 0.3) is 5.91 Å². The van der Waals surface area contributed by atoms with Crippen LogP contribution < -0.4 is 19.6 Å². The summed E-state index contributed by atoms with van der Waals surface area (Å²) < 4.78 is 16.1. The third kappa shape index (κ3) is 7.21. The van der Waals surface area contributed by atoms with Crippen molar-refractivity contribution >= 4 is 18.1 Å². The summed E-state index contributed by atoms with van der Waals surface area (Å²) in [5.41, 5.74) is 4.02. The van der Waals surface area contributed by atoms with E-state index in [1.54, 1.807) is 79.9 Å². The number of hydrogen-bond donors (Lipinski definition) is 1. The Morgan fingerprint density at radius 1 is 0.909 bits per heavy atom. The fraction of sp³-hybridized carbons (Fsp3) is 0.192. The highest BCUT2D eigenvalue weighted by Gasteiger charge is 2.09. The van der Waals surface area contributed by atoms with Gasteiger partial charge < -0.3 is 14.2 Å². The van der Waals surface area contributed by atoms with E-state index in [0.29, 0.717) is 34.8 Å². The molecule has 7 heteroatoms. The maximum absolute atomic E-state index is 12.3. The van der Waals surface area contributed by atoms with Crippen LogP contribution in [0.2, 0.25) is 0 Å². The van der Waals surface area contributed by atoms with Crippen molar-refractivity contribution in [3.8, 4) is 17.2 Å². The highest BCUT2D eigenvalue weighted by molar-refractivity contribution is 5.95. The Labute approximate surface area is 193 Å². The third-order valence-electron chi connectivity index (χ3n) is 4.66. The van der Waals surface area contributed by atoms with Crippen molar-refractivity contribution < 1.29 is 23.8 Å². The summed E-state index contributed by atoms with van der Waals surface area (Å²) >= 11 is 0. The first-order valence-corrected chi connectivity index (χ1v) is 10.6. The van der Waals surface area contributed by atoms with Gasteiger partial charge in [-0.15, -0.1) is 0 Å². The summed E-state index contributed by atoms with van der Waals surface area (Å²) in [6.45, 7) is 2.75. The molecule has 0 saturated carbocycles. The van der Waals surface area contributed by atoms with Gasteiger partial charge in [-0.1, -0.05) is 25.5 Å². The maximum Gasteiger partial charge on any atom is 0.343 e. The molecule has 0 unspecified atom stereocenters. The normalized spacial score (nSPS) is 10.6. The van der Waals surface area contributed by atoms with Crippen molar-refractivity contribution in [1.82, 2.24) is 5.43 Å². The third-order valence-corrected chi connectivity index (χ3v) is 4.66. The first kappa shape index (κ1) is 23.5. The Morgan fingerprint density at radius 2 is 1.61 bits per heavy atom. The highest BCUT2D eigenvalue weighted by atomic mass is 16.5. The Balaban J connectivity index is 1.54. The molecule has 3 aromatic rings. The van der Waals surface area contributed by atoms with Crippen molar-refractivity contribution in [2.75, 3.05) is 13.7 Å². The molecule has 1 N–H and O–H groups in total. The van der Waals surface area contributed by atoms with Crippen LogP contribution in [-0.2, 0) is 0 Å². The molecule has 0 aliphatic rings. The zero-order valence-electron chi connectivity index (χ0n) is 18.6. The maximum atomic E-state index is 12.3. The summed E-state index contributed by atoms with van der Waals surface area (Å²) in [5.74, 6) is 0.924. The lowest BCUT2D eigenvalue weighted by molar-refractivity contribution is 0.0734. The number of benzene rings is 3. The van der Waals surface area contributed by atoms with Gasteiger partial charge in [-0.2, -0.15) is 5.10 Å². The monoisotopic (exact) mass is 446 g/mol. The molecule has 0 atom stereocenters. The number of carbonyl (C=O) groups excluding carboxylic acids is 2. The lowest BCUT2D eigenvalue weighted by Crippen LogP contribution is -2.17. The number of carbonyl (C=O) groups is 2. The van der Waals surface area contributed by atoms with Gasteiger partial charge in [0.2, 0.25) is 0 Å². The molecule has 0 bridgehead atoms. The number of hydrogen-bond acceptors (Lipinski definition) is 6. The first-order chi connectivity index (χ1) is 16.1. The lowest BCUT2D eigenvalue weighted by atomic mass is 10.2. The van der Waals surface area contributed by atoms with Gasteiger partial charge in [0, 0.05) is 5.56 Å². The van der Waals surface area contributed by atoms with Crippen LogP contribution in [0.15, 0.2) is 77.9 Å². The van der Waals surface area contributed by atoms with Gasteiger partial charge in [0.15, 0.2) is 0 Å². The Morgan fingerprint density at radius 3 is 2.30 bits per heavy atom. The molecule has 0 aliphatic carbocycles. The quantitative estimate of drug-likeness (QED) is 0.158. The molecule has 0 radical (unpaired) electrons. The minimum Gasteiger partial charge on any atom is -0.497 e. The topological polar surface area (TPSA) is 86.2 Å². The summed E-state index contributed by atoms with van der Waals surface area (Å²) in [6, 6.07) is 20.4. The Hall–Kier alpha value is -4.13. The smallest absolute Gasteiger partial charge is 0.343 e. The first-order valence-electron chi connectivity index (χ1n) is 10.6. The van der Waals surface area contributed by atoms with Crippen molar-refractivity contribution in [1.29, 1.82) is 0 Å². The Kier molecular flexibility index (Phi) is 8.59. The van der Waals surface area contributed by atoms with Gasteiger partial charge in [-0.05, 0) is 72.6 Å². The highest BCUT2D eigenvalue weighted by Crippen LogP contribution is 2.17. The zero-order valence-corrected chi connectivity index (χ0v) is 18.6. The predicted octanol–water partition coefficient (Wildman–Crippen LogP) is 4.86. The second kappa shape index (κ2) is 12.0. The van der Waals surface area contributed by atoms with Crippen LogP contribution in [-0.4, -0.2) is 31.8 Å². The van der Waals surface area contributed by atoms with Crippen molar-refractivity contribution in [3.05, 3.63) is 89.5 Å². The number of hydrazone groups is 1. The van der Waals surface area contributed by atoms with E-state index in [9.17, 15) is 9.59 Å². The molecule has 0 aliphatic heterocycles. The van der Waals surface area contributed by atoms with Gasteiger partial charge in [-0.25, -0.2) is 10.2 Å². The average molecular weight is 447 g/mol. The minimum atomic E-state index is -0.484. The van der Waals surface area contributed by atoms with Gasteiger partial charge >= 0.3 is 5.97 Å². The SMILES string of the molecule is CCCCOc1ccc(C(=O)N/N=C/c2cccc(OC(=O)c3ccc(OC)cc3)c2)cc1. The second-order valence-corrected chi connectivity index (χ2v) is 7.12. The summed E-state index contributed by atoms with van der Waals surface area (Å²) in [5, 5.41) is 3.99.